The van der Waals surface area contributed by atoms with E-state index < -0.39 is 0 Å². The van der Waals surface area contributed by atoms with E-state index in [2.05, 4.69) is 66.7 Å². The molecule has 2 heteroatoms. The first-order valence-corrected chi connectivity index (χ1v) is 8.26. The standard InChI is InChI=1S/C21H23NO/c1-18-12-13-21(23-18)17-22(16-20-10-6-3-7-11-20)15-14-19-8-4-2-5-9-19/h2-13H,14-17H2,1H3/p+1. The number of benzene rings is 2. The van der Waals surface area contributed by atoms with Gasteiger partial charge in [0.05, 0.1) is 6.54 Å². The van der Waals surface area contributed by atoms with Crippen molar-refractivity contribution in [2.75, 3.05) is 6.54 Å². The highest BCUT2D eigenvalue weighted by Gasteiger charge is 2.13. The SMILES string of the molecule is Cc1ccc(C[NH+](CCc2ccccc2)Cc2ccccc2)o1. The molecule has 0 bridgehead atoms. The zero-order valence-electron chi connectivity index (χ0n) is 13.7. The number of hydrogen-bond donors (Lipinski definition) is 1. The van der Waals surface area contributed by atoms with E-state index in [4.69, 9.17) is 4.42 Å². The summed E-state index contributed by atoms with van der Waals surface area (Å²) in [6, 6.07) is 25.6. The molecular weight excluding hydrogens is 282 g/mol. The normalized spacial score (nSPS) is 12.2. The van der Waals surface area contributed by atoms with Gasteiger partial charge in [-0.15, -0.1) is 0 Å². The minimum atomic E-state index is 0.926. The molecule has 3 rings (SSSR count). The predicted molar refractivity (Wildman–Crippen MR) is 93.3 cm³/mol. The highest BCUT2D eigenvalue weighted by atomic mass is 16.3. The van der Waals surface area contributed by atoms with Gasteiger partial charge in [-0.25, -0.2) is 0 Å². The van der Waals surface area contributed by atoms with Crippen molar-refractivity contribution in [1.29, 1.82) is 0 Å². The average Bonchev–Trinajstić information content (AvgIpc) is 2.99. The summed E-state index contributed by atoms with van der Waals surface area (Å²) in [7, 11) is 0. The molecule has 1 atom stereocenters. The summed E-state index contributed by atoms with van der Waals surface area (Å²) in [4.78, 5) is 1.52. The molecule has 0 aliphatic carbocycles. The van der Waals surface area contributed by atoms with Gasteiger partial charge in [0.15, 0.2) is 5.76 Å². The molecule has 23 heavy (non-hydrogen) atoms. The molecule has 2 nitrogen and oxygen atoms in total. The first-order valence-electron chi connectivity index (χ1n) is 8.26. The van der Waals surface area contributed by atoms with Crippen LogP contribution in [0.2, 0.25) is 0 Å². The van der Waals surface area contributed by atoms with Crippen LogP contribution in [0.4, 0.5) is 0 Å². The summed E-state index contributed by atoms with van der Waals surface area (Å²) < 4.78 is 5.78. The first kappa shape index (κ1) is 15.6. The van der Waals surface area contributed by atoms with Crippen LogP contribution in [-0.2, 0) is 19.5 Å². The molecule has 1 aromatic heterocycles. The van der Waals surface area contributed by atoms with E-state index in [-0.39, 0.29) is 0 Å². The Bertz CT molecular complexity index is 703. The van der Waals surface area contributed by atoms with Crippen molar-refractivity contribution < 1.29 is 9.32 Å². The van der Waals surface area contributed by atoms with Crippen molar-refractivity contribution >= 4 is 0 Å². The molecule has 0 fully saturated rings. The fourth-order valence-corrected chi connectivity index (χ4v) is 2.92. The second kappa shape index (κ2) is 7.80. The first-order chi connectivity index (χ1) is 11.3. The van der Waals surface area contributed by atoms with Crippen LogP contribution < -0.4 is 4.90 Å². The molecule has 0 saturated carbocycles. The predicted octanol–water partition coefficient (Wildman–Crippen LogP) is 3.42. The van der Waals surface area contributed by atoms with E-state index >= 15 is 0 Å². The number of furan rings is 1. The lowest BCUT2D eigenvalue weighted by Crippen LogP contribution is -3.09. The molecule has 1 unspecified atom stereocenters. The second-order valence-corrected chi connectivity index (χ2v) is 6.09. The Hall–Kier alpha value is -2.32. The van der Waals surface area contributed by atoms with Gasteiger partial charge in [0.1, 0.15) is 18.8 Å². The van der Waals surface area contributed by atoms with Gasteiger partial charge in [0, 0.05) is 12.0 Å². The van der Waals surface area contributed by atoms with Crippen molar-refractivity contribution in [3.8, 4) is 0 Å². The lowest BCUT2D eigenvalue weighted by molar-refractivity contribution is -0.928. The molecule has 1 heterocycles. The van der Waals surface area contributed by atoms with Gasteiger partial charge in [-0.2, -0.15) is 0 Å². The zero-order chi connectivity index (χ0) is 15.9. The van der Waals surface area contributed by atoms with Crippen molar-refractivity contribution in [3.63, 3.8) is 0 Å². The second-order valence-electron chi connectivity index (χ2n) is 6.09. The number of nitrogens with one attached hydrogen (secondary N) is 1. The summed E-state index contributed by atoms with van der Waals surface area (Å²) in [6.07, 6.45) is 1.09. The van der Waals surface area contributed by atoms with E-state index in [1.54, 1.807) is 0 Å². The third kappa shape index (κ3) is 4.83. The lowest BCUT2D eigenvalue weighted by Gasteiger charge is -2.19. The van der Waals surface area contributed by atoms with E-state index in [9.17, 15) is 0 Å². The van der Waals surface area contributed by atoms with E-state index in [0.717, 1.165) is 37.6 Å². The van der Waals surface area contributed by atoms with Gasteiger partial charge in [-0.05, 0) is 24.6 Å². The van der Waals surface area contributed by atoms with Crippen molar-refractivity contribution in [2.24, 2.45) is 0 Å². The molecular formula is C21H24NO+. The van der Waals surface area contributed by atoms with E-state index in [1.165, 1.54) is 16.0 Å². The Balaban J connectivity index is 1.67. The summed E-state index contributed by atoms with van der Waals surface area (Å²) in [6.45, 7) is 5.05. The van der Waals surface area contributed by atoms with Gasteiger partial charge in [-0.1, -0.05) is 60.7 Å². The van der Waals surface area contributed by atoms with Gasteiger partial charge in [0.2, 0.25) is 0 Å². The fraction of sp³-hybridized carbons (Fsp3) is 0.238. The van der Waals surface area contributed by atoms with Crippen LogP contribution in [0.25, 0.3) is 0 Å². The molecule has 0 amide bonds. The average molecular weight is 306 g/mol. The Kier molecular flexibility index (Phi) is 5.28. The van der Waals surface area contributed by atoms with Crippen LogP contribution in [-0.4, -0.2) is 6.54 Å². The minimum absolute atomic E-state index is 0.926. The third-order valence-electron chi connectivity index (χ3n) is 4.13. The molecule has 0 saturated heterocycles. The molecule has 0 aliphatic rings. The van der Waals surface area contributed by atoms with Crippen LogP contribution in [0, 0.1) is 6.92 Å². The Morgan fingerprint density at radius 1 is 0.739 bits per heavy atom. The van der Waals surface area contributed by atoms with Crippen LogP contribution in [0.5, 0.6) is 0 Å². The molecule has 0 spiro atoms. The van der Waals surface area contributed by atoms with Crippen LogP contribution in [0.15, 0.2) is 77.2 Å². The smallest absolute Gasteiger partial charge is 0.158 e. The van der Waals surface area contributed by atoms with Gasteiger partial charge < -0.3 is 9.32 Å². The highest BCUT2D eigenvalue weighted by molar-refractivity contribution is 5.15. The van der Waals surface area contributed by atoms with Crippen LogP contribution in [0.1, 0.15) is 22.6 Å². The van der Waals surface area contributed by atoms with Crippen molar-refractivity contribution in [3.05, 3.63) is 95.4 Å². The number of quaternary nitrogens is 1. The van der Waals surface area contributed by atoms with Crippen LogP contribution in [0.3, 0.4) is 0 Å². The summed E-state index contributed by atoms with van der Waals surface area (Å²) in [5.74, 6) is 2.06. The minimum Gasteiger partial charge on any atom is -0.460 e. The lowest BCUT2D eigenvalue weighted by atomic mass is 10.1. The van der Waals surface area contributed by atoms with Crippen molar-refractivity contribution in [1.82, 2.24) is 0 Å². The molecule has 0 aliphatic heterocycles. The molecule has 118 valence electrons. The Labute approximate surface area is 138 Å². The maximum atomic E-state index is 5.78. The summed E-state index contributed by atoms with van der Waals surface area (Å²) >= 11 is 0. The quantitative estimate of drug-likeness (QED) is 0.708. The zero-order valence-corrected chi connectivity index (χ0v) is 13.7. The maximum Gasteiger partial charge on any atom is 0.158 e. The monoisotopic (exact) mass is 306 g/mol. The number of rotatable bonds is 7. The highest BCUT2D eigenvalue weighted by Crippen LogP contribution is 2.05. The van der Waals surface area contributed by atoms with E-state index in [1.807, 2.05) is 13.0 Å². The summed E-state index contributed by atoms with van der Waals surface area (Å²) in [5.41, 5.74) is 2.77. The molecule has 2 aromatic carbocycles. The number of hydrogen-bond acceptors (Lipinski definition) is 1. The number of aryl methyl sites for hydroxylation is 1. The summed E-state index contributed by atoms with van der Waals surface area (Å²) in [5, 5.41) is 0. The topological polar surface area (TPSA) is 17.6 Å². The van der Waals surface area contributed by atoms with Crippen LogP contribution >= 0.6 is 0 Å². The van der Waals surface area contributed by atoms with Gasteiger partial charge in [0.25, 0.3) is 0 Å². The van der Waals surface area contributed by atoms with Gasteiger partial charge in [-0.3, -0.25) is 0 Å². The molecule has 3 aromatic rings. The largest absolute Gasteiger partial charge is 0.460 e. The molecule has 1 N–H and O–H groups in total. The van der Waals surface area contributed by atoms with Gasteiger partial charge >= 0.3 is 0 Å². The maximum absolute atomic E-state index is 5.78. The Morgan fingerprint density at radius 2 is 1.39 bits per heavy atom. The molecule has 0 radical (unpaired) electrons. The Morgan fingerprint density at radius 3 is 2.00 bits per heavy atom. The third-order valence-corrected chi connectivity index (χ3v) is 4.13. The van der Waals surface area contributed by atoms with E-state index in [0.29, 0.717) is 0 Å². The fourth-order valence-electron chi connectivity index (χ4n) is 2.92. The van der Waals surface area contributed by atoms with Crippen molar-refractivity contribution in [2.45, 2.75) is 26.4 Å².